The molecule has 2 aromatic rings. The number of aryl methyl sites for hydroxylation is 1. The van der Waals surface area contributed by atoms with Crippen molar-refractivity contribution < 1.29 is 9.90 Å². The van der Waals surface area contributed by atoms with E-state index in [1.165, 1.54) is 17.7 Å². The Bertz CT molecular complexity index is 733. The van der Waals surface area contributed by atoms with Crippen molar-refractivity contribution in [2.24, 2.45) is 4.99 Å². The molecule has 0 radical (unpaired) electrons. The summed E-state index contributed by atoms with van der Waals surface area (Å²) in [7, 11) is 0. The van der Waals surface area contributed by atoms with E-state index in [1.54, 1.807) is 12.1 Å². The molecule has 6 nitrogen and oxygen atoms in total. The smallest absolute Gasteiger partial charge is 0.243 e. The van der Waals surface area contributed by atoms with E-state index in [-0.39, 0.29) is 42.2 Å². The van der Waals surface area contributed by atoms with Gasteiger partial charge in [-0.2, -0.15) is 0 Å². The summed E-state index contributed by atoms with van der Waals surface area (Å²) in [4.78, 5) is 16.5. The predicted molar refractivity (Wildman–Crippen MR) is 116 cm³/mol. The maximum absolute atomic E-state index is 12.0. The molecule has 1 amide bonds. The van der Waals surface area contributed by atoms with Crippen LogP contribution in [0.25, 0.3) is 0 Å². The number of aliphatic imine (C=N–C) groups is 1. The zero-order valence-corrected chi connectivity index (χ0v) is 17.3. The Morgan fingerprint density at radius 3 is 2.42 bits per heavy atom. The largest absolute Gasteiger partial charge is 0.508 e. The summed E-state index contributed by atoms with van der Waals surface area (Å²) in [6, 6.07) is 14.4. The third kappa shape index (κ3) is 7.30. The van der Waals surface area contributed by atoms with Crippen molar-refractivity contribution in [2.75, 3.05) is 18.4 Å². The molecule has 4 N–H and O–H groups in total. The van der Waals surface area contributed by atoms with Crippen molar-refractivity contribution >= 4 is 41.5 Å². The van der Waals surface area contributed by atoms with Crippen LogP contribution in [-0.2, 0) is 11.3 Å². The van der Waals surface area contributed by atoms with Gasteiger partial charge in [0.05, 0.1) is 13.1 Å². The highest BCUT2D eigenvalue weighted by Gasteiger charge is 2.05. The second kappa shape index (κ2) is 11.3. The number of hydrogen-bond donors (Lipinski definition) is 4. The Morgan fingerprint density at radius 2 is 1.77 bits per heavy atom. The topological polar surface area (TPSA) is 85.8 Å². The lowest BCUT2D eigenvalue weighted by molar-refractivity contribution is -0.115. The van der Waals surface area contributed by atoms with Crippen LogP contribution in [0.3, 0.4) is 0 Å². The number of guanidine groups is 1. The van der Waals surface area contributed by atoms with Gasteiger partial charge in [0.2, 0.25) is 5.91 Å². The van der Waals surface area contributed by atoms with Gasteiger partial charge in [-0.15, -0.1) is 24.0 Å². The summed E-state index contributed by atoms with van der Waals surface area (Å²) in [6.07, 6.45) is 0. The van der Waals surface area contributed by atoms with E-state index in [1.807, 2.05) is 25.1 Å². The highest BCUT2D eigenvalue weighted by molar-refractivity contribution is 14.0. The Kier molecular flexibility index (Phi) is 9.50. The first kappa shape index (κ1) is 21.8. The molecule has 140 valence electrons. The third-order valence-corrected chi connectivity index (χ3v) is 3.58. The van der Waals surface area contributed by atoms with Gasteiger partial charge in [-0.25, -0.2) is 4.99 Å². The average molecular weight is 468 g/mol. The number of nitrogens with zero attached hydrogens (tertiary/aromatic N) is 1. The Balaban J connectivity index is 0.00000338. The lowest BCUT2D eigenvalue weighted by atomic mass is 10.1. The number of nitrogens with one attached hydrogen (secondary N) is 3. The van der Waals surface area contributed by atoms with Crippen LogP contribution < -0.4 is 16.0 Å². The minimum absolute atomic E-state index is 0. The molecule has 0 saturated heterocycles. The van der Waals surface area contributed by atoms with Gasteiger partial charge in [0, 0.05) is 12.2 Å². The van der Waals surface area contributed by atoms with Crippen molar-refractivity contribution in [3.63, 3.8) is 0 Å². The molecule has 2 aromatic carbocycles. The van der Waals surface area contributed by atoms with Crippen LogP contribution in [0.5, 0.6) is 5.75 Å². The number of aromatic hydroxyl groups is 1. The van der Waals surface area contributed by atoms with Crippen molar-refractivity contribution in [2.45, 2.75) is 20.4 Å². The molecular formula is C19H25IN4O2. The number of anilines is 1. The molecule has 0 aromatic heterocycles. The molecule has 0 saturated carbocycles. The fourth-order valence-electron chi connectivity index (χ4n) is 2.21. The number of carbonyl (C=O) groups is 1. The first-order valence-electron chi connectivity index (χ1n) is 8.24. The number of amides is 1. The van der Waals surface area contributed by atoms with E-state index in [0.717, 1.165) is 5.56 Å². The lowest BCUT2D eigenvalue weighted by Crippen LogP contribution is -2.41. The Hall–Kier alpha value is -2.29. The quantitative estimate of drug-likeness (QED) is 0.227. The molecular weight excluding hydrogens is 443 g/mol. The summed E-state index contributed by atoms with van der Waals surface area (Å²) in [5, 5.41) is 18.1. The SMILES string of the molecule is CCNC(=NCc1ccccc1C)NCC(=O)Nc1ccc(O)cc1.I. The highest BCUT2D eigenvalue weighted by atomic mass is 127. The van der Waals surface area contributed by atoms with Crippen LogP contribution in [0.4, 0.5) is 5.69 Å². The number of benzene rings is 2. The molecule has 0 aliphatic carbocycles. The van der Waals surface area contributed by atoms with Crippen LogP contribution in [0.15, 0.2) is 53.5 Å². The van der Waals surface area contributed by atoms with Crippen molar-refractivity contribution in [3.05, 3.63) is 59.7 Å². The molecule has 26 heavy (non-hydrogen) atoms. The maximum atomic E-state index is 12.0. The summed E-state index contributed by atoms with van der Waals surface area (Å²) in [5.41, 5.74) is 2.96. The molecule has 0 aliphatic rings. The van der Waals surface area contributed by atoms with Gasteiger partial charge in [-0.3, -0.25) is 4.79 Å². The number of rotatable bonds is 6. The fourth-order valence-corrected chi connectivity index (χ4v) is 2.21. The van der Waals surface area contributed by atoms with Gasteiger partial charge < -0.3 is 21.1 Å². The van der Waals surface area contributed by atoms with E-state index in [0.29, 0.717) is 24.7 Å². The predicted octanol–water partition coefficient (Wildman–Crippen LogP) is 3.01. The van der Waals surface area contributed by atoms with Gasteiger partial charge in [0.1, 0.15) is 5.75 Å². The van der Waals surface area contributed by atoms with Gasteiger partial charge in [0.25, 0.3) is 0 Å². The minimum Gasteiger partial charge on any atom is -0.508 e. The monoisotopic (exact) mass is 468 g/mol. The van der Waals surface area contributed by atoms with Crippen molar-refractivity contribution in [1.29, 1.82) is 0 Å². The normalized spacial score (nSPS) is 10.6. The summed E-state index contributed by atoms with van der Waals surface area (Å²) >= 11 is 0. The average Bonchev–Trinajstić information content (AvgIpc) is 2.60. The first-order valence-corrected chi connectivity index (χ1v) is 8.24. The Morgan fingerprint density at radius 1 is 1.08 bits per heavy atom. The molecule has 2 rings (SSSR count). The van der Waals surface area contributed by atoms with Crippen LogP contribution in [0.2, 0.25) is 0 Å². The molecule has 7 heteroatoms. The molecule has 0 bridgehead atoms. The zero-order valence-electron chi connectivity index (χ0n) is 15.0. The third-order valence-electron chi connectivity index (χ3n) is 3.58. The van der Waals surface area contributed by atoms with Gasteiger partial charge in [-0.1, -0.05) is 24.3 Å². The second-order valence-corrected chi connectivity index (χ2v) is 5.57. The van der Waals surface area contributed by atoms with E-state index in [9.17, 15) is 9.90 Å². The molecule has 0 fully saturated rings. The second-order valence-electron chi connectivity index (χ2n) is 5.57. The Labute approximate surface area is 171 Å². The van der Waals surface area contributed by atoms with E-state index >= 15 is 0 Å². The van der Waals surface area contributed by atoms with Crippen molar-refractivity contribution in [1.82, 2.24) is 10.6 Å². The molecule has 0 aliphatic heterocycles. The summed E-state index contributed by atoms with van der Waals surface area (Å²) < 4.78 is 0. The van der Waals surface area contributed by atoms with Crippen LogP contribution in [0.1, 0.15) is 18.1 Å². The standard InChI is InChI=1S/C19H24N4O2.HI/c1-3-20-19(21-12-15-7-5-4-6-14(15)2)22-13-18(25)23-16-8-10-17(24)11-9-16;/h4-11,24H,3,12-13H2,1-2H3,(H,23,25)(H2,20,21,22);1H. The first-order chi connectivity index (χ1) is 12.1. The zero-order chi connectivity index (χ0) is 18.1. The van der Waals surface area contributed by atoms with E-state index in [2.05, 4.69) is 33.9 Å². The number of carbonyl (C=O) groups excluding carboxylic acids is 1. The molecule has 0 heterocycles. The highest BCUT2D eigenvalue weighted by Crippen LogP contribution is 2.13. The molecule has 0 unspecified atom stereocenters. The van der Waals surface area contributed by atoms with E-state index in [4.69, 9.17) is 0 Å². The lowest BCUT2D eigenvalue weighted by Gasteiger charge is -2.12. The number of phenolic OH excluding ortho intramolecular Hbond substituents is 1. The number of halogens is 1. The summed E-state index contributed by atoms with van der Waals surface area (Å²) in [5.74, 6) is 0.563. The van der Waals surface area contributed by atoms with Crippen molar-refractivity contribution in [3.8, 4) is 5.75 Å². The van der Waals surface area contributed by atoms with Crippen LogP contribution >= 0.6 is 24.0 Å². The minimum atomic E-state index is -0.188. The van der Waals surface area contributed by atoms with Gasteiger partial charge in [0.15, 0.2) is 5.96 Å². The fraction of sp³-hybridized carbons (Fsp3) is 0.263. The van der Waals surface area contributed by atoms with E-state index < -0.39 is 0 Å². The van der Waals surface area contributed by atoms with Crippen LogP contribution in [0, 0.1) is 6.92 Å². The molecule has 0 spiro atoms. The number of hydrogen-bond acceptors (Lipinski definition) is 3. The maximum Gasteiger partial charge on any atom is 0.243 e. The summed E-state index contributed by atoms with van der Waals surface area (Å²) in [6.45, 7) is 5.37. The van der Waals surface area contributed by atoms with Crippen LogP contribution in [-0.4, -0.2) is 30.1 Å². The van der Waals surface area contributed by atoms with Gasteiger partial charge in [-0.05, 0) is 49.2 Å². The number of phenols is 1. The molecule has 0 atom stereocenters. The van der Waals surface area contributed by atoms with Gasteiger partial charge >= 0.3 is 0 Å².